The highest BCUT2D eigenvalue weighted by Gasteiger charge is 2.29. The van der Waals surface area contributed by atoms with E-state index in [1.54, 1.807) is 6.07 Å². The molecular formula is C16H25FN2O. The van der Waals surface area contributed by atoms with E-state index in [0.717, 1.165) is 24.3 Å². The first-order valence-electron chi connectivity index (χ1n) is 7.20. The number of aryl methyl sites for hydroxylation is 1. The molecule has 1 aromatic rings. The lowest BCUT2D eigenvalue weighted by molar-refractivity contribution is -0.0277. The molecule has 1 aromatic carbocycles. The van der Waals surface area contributed by atoms with Gasteiger partial charge >= 0.3 is 0 Å². The van der Waals surface area contributed by atoms with E-state index in [1.165, 1.54) is 0 Å². The number of hydrogen-bond donors (Lipinski definition) is 1. The predicted octanol–water partition coefficient (Wildman–Crippen LogP) is 3.03. The summed E-state index contributed by atoms with van der Waals surface area (Å²) in [4.78, 5) is 2.30. The lowest BCUT2D eigenvalue weighted by Gasteiger charge is -2.40. The topological polar surface area (TPSA) is 24.5 Å². The Kier molecular flexibility index (Phi) is 4.35. The average Bonchev–Trinajstić information content (AvgIpc) is 2.39. The molecule has 3 nitrogen and oxygen atoms in total. The smallest absolute Gasteiger partial charge is 0.126 e. The van der Waals surface area contributed by atoms with Crippen molar-refractivity contribution in [3.8, 4) is 0 Å². The summed E-state index contributed by atoms with van der Waals surface area (Å²) in [6.07, 6.45) is 0. The molecule has 1 N–H and O–H groups in total. The summed E-state index contributed by atoms with van der Waals surface area (Å²) in [6, 6.07) is 3.74. The van der Waals surface area contributed by atoms with Crippen LogP contribution in [0.15, 0.2) is 12.1 Å². The molecular weight excluding hydrogens is 255 g/mol. The Morgan fingerprint density at radius 3 is 2.70 bits per heavy atom. The van der Waals surface area contributed by atoms with Crippen LogP contribution >= 0.6 is 0 Å². The maximum Gasteiger partial charge on any atom is 0.126 e. The fourth-order valence-electron chi connectivity index (χ4n) is 2.68. The minimum Gasteiger partial charge on any atom is -0.372 e. The Morgan fingerprint density at radius 1 is 1.40 bits per heavy atom. The molecule has 0 spiro atoms. The Bertz CT molecular complexity index is 488. The van der Waals surface area contributed by atoms with E-state index < -0.39 is 0 Å². The summed E-state index contributed by atoms with van der Waals surface area (Å²) >= 11 is 0. The van der Waals surface area contributed by atoms with Gasteiger partial charge in [-0.25, -0.2) is 4.39 Å². The van der Waals surface area contributed by atoms with Crippen LogP contribution in [0.25, 0.3) is 0 Å². The van der Waals surface area contributed by atoms with E-state index in [9.17, 15) is 4.39 Å². The average molecular weight is 280 g/mol. The molecule has 1 unspecified atom stereocenters. The quantitative estimate of drug-likeness (QED) is 0.921. The van der Waals surface area contributed by atoms with Crippen molar-refractivity contribution in [2.75, 3.05) is 31.6 Å². The van der Waals surface area contributed by atoms with Crippen molar-refractivity contribution in [3.63, 3.8) is 0 Å². The first-order valence-corrected chi connectivity index (χ1v) is 7.20. The van der Waals surface area contributed by atoms with Gasteiger partial charge in [0.05, 0.1) is 12.2 Å². The molecule has 0 saturated carbocycles. The fraction of sp³-hybridized carbons (Fsp3) is 0.625. The van der Waals surface area contributed by atoms with Crippen LogP contribution in [0.5, 0.6) is 0 Å². The standard InChI is InChI=1S/C16H25FN2O/c1-11-8-15(13(9-14(11)17)12(2)18-5)19-6-7-20-16(3,4)10-19/h8-9,12,18H,6-7,10H2,1-5H3. The van der Waals surface area contributed by atoms with E-state index in [1.807, 2.05) is 20.0 Å². The Labute approximate surface area is 121 Å². The summed E-state index contributed by atoms with van der Waals surface area (Å²) in [7, 11) is 1.90. The Morgan fingerprint density at radius 2 is 2.10 bits per heavy atom. The molecule has 0 aliphatic carbocycles. The van der Waals surface area contributed by atoms with Crippen LogP contribution in [0.2, 0.25) is 0 Å². The van der Waals surface area contributed by atoms with Gasteiger partial charge in [-0.1, -0.05) is 0 Å². The summed E-state index contributed by atoms with van der Waals surface area (Å²) in [5.41, 5.74) is 2.65. The first-order chi connectivity index (χ1) is 9.34. The number of morpholine rings is 1. The van der Waals surface area contributed by atoms with Crippen LogP contribution in [0.1, 0.15) is 37.9 Å². The molecule has 1 aliphatic rings. The molecule has 1 saturated heterocycles. The maximum atomic E-state index is 13.9. The van der Waals surface area contributed by atoms with Crippen molar-refractivity contribution in [3.05, 3.63) is 29.1 Å². The van der Waals surface area contributed by atoms with E-state index >= 15 is 0 Å². The third-order valence-corrected chi connectivity index (χ3v) is 3.97. The van der Waals surface area contributed by atoms with Gasteiger partial charge in [0.25, 0.3) is 0 Å². The predicted molar refractivity (Wildman–Crippen MR) is 80.9 cm³/mol. The van der Waals surface area contributed by atoms with Crippen molar-refractivity contribution in [1.29, 1.82) is 0 Å². The molecule has 1 fully saturated rings. The number of nitrogens with one attached hydrogen (secondary N) is 1. The Hall–Kier alpha value is -1.13. The molecule has 0 bridgehead atoms. The highest BCUT2D eigenvalue weighted by Crippen LogP contribution is 2.32. The van der Waals surface area contributed by atoms with Crippen LogP contribution < -0.4 is 10.2 Å². The van der Waals surface area contributed by atoms with Crippen LogP contribution in [-0.4, -0.2) is 32.3 Å². The SMILES string of the molecule is CNC(C)c1cc(F)c(C)cc1N1CCOC(C)(C)C1. The minimum atomic E-state index is -0.166. The van der Waals surface area contributed by atoms with Crippen molar-refractivity contribution < 1.29 is 9.13 Å². The summed E-state index contributed by atoms with van der Waals surface area (Å²) < 4.78 is 19.7. The number of nitrogens with zero attached hydrogens (tertiary/aromatic N) is 1. The molecule has 20 heavy (non-hydrogen) atoms. The molecule has 0 amide bonds. The van der Waals surface area contributed by atoms with Gasteiger partial charge in [-0.2, -0.15) is 0 Å². The number of rotatable bonds is 3. The third kappa shape index (κ3) is 3.13. The maximum absolute atomic E-state index is 13.9. The lowest BCUT2D eigenvalue weighted by Crippen LogP contribution is -2.48. The highest BCUT2D eigenvalue weighted by atomic mass is 19.1. The zero-order valence-corrected chi connectivity index (χ0v) is 13.1. The van der Waals surface area contributed by atoms with Crippen molar-refractivity contribution >= 4 is 5.69 Å². The van der Waals surface area contributed by atoms with Crippen molar-refractivity contribution in [2.24, 2.45) is 0 Å². The van der Waals surface area contributed by atoms with Crippen LogP contribution in [-0.2, 0) is 4.74 Å². The summed E-state index contributed by atoms with van der Waals surface area (Å²) in [5.74, 6) is -0.140. The van der Waals surface area contributed by atoms with Crippen LogP contribution in [0.4, 0.5) is 10.1 Å². The molecule has 1 aliphatic heterocycles. The second-order valence-electron chi connectivity index (χ2n) is 6.20. The molecule has 1 heterocycles. The van der Waals surface area contributed by atoms with Gasteiger partial charge in [-0.15, -0.1) is 0 Å². The summed E-state index contributed by atoms with van der Waals surface area (Å²) in [6.45, 7) is 10.4. The zero-order valence-electron chi connectivity index (χ0n) is 13.1. The number of hydrogen-bond acceptors (Lipinski definition) is 3. The van der Waals surface area contributed by atoms with Gasteiger partial charge in [0.15, 0.2) is 0 Å². The van der Waals surface area contributed by atoms with Gasteiger partial charge in [-0.3, -0.25) is 0 Å². The fourth-order valence-corrected chi connectivity index (χ4v) is 2.68. The van der Waals surface area contributed by atoms with Gasteiger partial charge in [0, 0.05) is 24.8 Å². The zero-order chi connectivity index (χ0) is 14.9. The number of anilines is 1. The summed E-state index contributed by atoms with van der Waals surface area (Å²) in [5, 5.41) is 3.20. The van der Waals surface area contributed by atoms with Crippen LogP contribution in [0, 0.1) is 12.7 Å². The molecule has 1 atom stereocenters. The normalized spacial score (nSPS) is 20.0. The van der Waals surface area contributed by atoms with Crippen LogP contribution in [0.3, 0.4) is 0 Å². The van der Waals surface area contributed by atoms with Gasteiger partial charge in [-0.05, 0) is 58.0 Å². The Balaban J connectivity index is 2.41. The molecule has 0 aromatic heterocycles. The third-order valence-electron chi connectivity index (χ3n) is 3.97. The monoisotopic (exact) mass is 280 g/mol. The van der Waals surface area contributed by atoms with Gasteiger partial charge < -0.3 is 15.0 Å². The van der Waals surface area contributed by atoms with Crippen molar-refractivity contribution in [1.82, 2.24) is 5.32 Å². The van der Waals surface area contributed by atoms with E-state index in [2.05, 4.69) is 31.0 Å². The second kappa shape index (κ2) is 5.70. The number of halogens is 1. The van der Waals surface area contributed by atoms with E-state index in [-0.39, 0.29) is 17.5 Å². The highest BCUT2D eigenvalue weighted by molar-refractivity contribution is 5.57. The minimum absolute atomic E-state index is 0.117. The van der Waals surface area contributed by atoms with Gasteiger partial charge in [0.2, 0.25) is 0 Å². The number of ether oxygens (including phenoxy) is 1. The van der Waals surface area contributed by atoms with E-state index in [0.29, 0.717) is 12.2 Å². The van der Waals surface area contributed by atoms with Crippen molar-refractivity contribution in [2.45, 2.75) is 39.3 Å². The largest absolute Gasteiger partial charge is 0.372 e. The lowest BCUT2D eigenvalue weighted by atomic mass is 10.00. The molecule has 0 radical (unpaired) electrons. The first kappa shape index (κ1) is 15.3. The molecule has 112 valence electrons. The molecule has 4 heteroatoms. The van der Waals surface area contributed by atoms with Gasteiger partial charge in [0.1, 0.15) is 5.82 Å². The van der Waals surface area contributed by atoms with E-state index in [4.69, 9.17) is 4.74 Å². The second-order valence-corrected chi connectivity index (χ2v) is 6.20. The number of benzene rings is 1. The molecule has 2 rings (SSSR count).